The molecule has 1 rings (SSSR count). The summed E-state index contributed by atoms with van der Waals surface area (Å²) in [6, 6.07) is 2.39. The van der Waals surface area contributed by atoms with Gasteiger partial charge >= 0.3 is 0 Å². The van der Waals surface area contributed by atoms with Crippen molar-refractivity contribution in [3.63, 3.8) is 0 Å². The number of unbranched alkanes of at least 4 members (excludes halogenated alkanes) is 1. The van der Waals surface area contributed by atoms with Gasteiger partial charge in [0.15, 0.2) is 0 Å². The van der Waals surface area contributed by atoms with Crippen LogP contribution in [0.1, 0.15) is 52.9 Å². The van der Waals surface area contributed by atoms with Crippen molar-refractivity contribution in [3.8, 4) is 6.07 Å². The maximum atomic E-state index is 8.99. The van der Waals surface area contributed by atoms with Gasteiger partial charge in [-0.25, -0.2) is 0 Å². The van der Waals surface area contributed by atoms with E-state index in [2.05, 4.69) is 23.2 Å². The number of hydrogen-bond donors (Lipinski definition) is 1. The summed E-state index contributed by atoms with van der Waals surface area (Å²) in [4.78, 5) is 2.62. The Balaban J connectivity index is 2.14. The number of piperidine rings is 1. The van der Waals surface area contributed by atoms with Crippen LogP contribution in [0.4, 0.5) is 0 Å². The van der Waals surface area contributed by atoms with E-state index in [0.717, 1.165) is 18.9 Å². The molecule has 1 fully saturated rings. The molecule has 1 aliphatic heterocycles. The van der Waals surface area contributed by atoms with Crippen LogP contribution in [-0.2, 0) is 0 Å². The molecule has 0 aromatic heterocycles. The summed E-state index contributed by atoms with van der Waals surface area (Å²) in [5.41, 5.74) is -0.143. The van der Waals surface area contributed by atoms with E-state index >= 15 is 0 Å². The van der Waals surface area contributed by atoms with Gasteiger partial charge in [-0.15, -0.1) is 0 Å². The maximum Gasteiger partial charge on any atom is 0.0683 e. The molecule has 0 aromatic carbocycles. The average molecular weight is 265 g/mol. The Morgan fingerprint density at radius 2 is 2.16 bits per heavy atom. The third-order valence-corrected chi connectivity index (χ3v) is 4.11. The SMILES string of the molecule is CCNCC1CCCN(CCCCC(C)(C)C#N)C1. The van der Waals surface area contributed by atoms with Crippen molar-refractivity contribution in [1.82, 2.24) is 10.2 Å². The molecule has 1 saturated heterocycles. The van der Waals surface area contributed by atoms with Crippen molar-refractivity contribution >= 4 is 0 Å². The molecule has 110 valence electrons. The monoisotopic (exact) mass is 265 g/mol. The van der Waals surface area contributed by atoms with Gasteiger partial charge in [-0.05, 0) is 71.6 Å². The molecule has 1 aliphatic rings. The summed E-state index contributed by atoms with van der Waals surface area (Å²) in [5, 5.41) is 12.5. The Morgan fingerprint density at radius 3 is 2.84 bits per heavy atom. The molecule has 0 spiro atoms. The number of likely N-dealkylation sites (tertiary alicyclic amines) is 1. The summed E-state index contributed by atoms with van der Waals surface area (Å²) in [6.07, 6.45) is 6.16. The van der Waals surface area contributed by atoms with Gasteiger partial charge in [0, 0.05) is 6.54 Å². The van der Waals surface area contributed by atoms with Crippen LogP contribution in [0.15, 0.2) is 0 Å². The number of rotatable bonds is 8. The largest absolute Gasteiger partial charge is 0.317 e. The highest BCUT2D eigenvalue weighted by atomic mass is 15.1. The quantitative estimate of drug-likeness (QED) is 0.686. The third-order valence-electron chi connectivity index (χ3n) is 4.11. The predicted molar refractivity (Wildman–Crippen MR) is 81.0 cm³/mol. The normalized spacial score (nSPS) is 21.3. The fraction of sp³-hybridized carbons (Fsp3) is 0.938. The highest BCUT2D eigenvalue weighted by Gasteiger charge is 2.20. The van der Waals surface area contributed by atoms with Crippen LogP contribution >= 0.6 is 0 Å². The van der Waals surface area contributed by atoms with Crippen LogP contribution < -0.4 is 5.32 Å². The molecular formula is C16H31N3. The lowest BCUT2D eigenvalue weighted by Crippen LogP contribution is -2.40. The molecule has 1 heterocycles. The first-order valence-corrected chi connectivity index (χ1v) is 7.91. The minimum Gasteiger partial charge on any atom is -0.317 e. The van der Waals surface area contributed by atoms with E-state index in [-0.39, 0.29) is 5.41 Å². The molecule has 0 amide bonds. The minimum atomic E-state index is -0.143. The molecule has 3 heteroatoms. The molecule has 0 aliphatic carbocycles. The first-order chi connectivity index (χ1) is 9.07. The predicted octanol–water partition coefficient (Wildman–Crippen LogP) is 3.03. The molecule has 0 bridgehead atoms. The average Bonchev–Trinajstić information content (AvgIpc) is 2.42. The van der Waals surface area contributed by atoms with E-state index in [9.17, 15) is 0 Å². The zero-order chi connectivity index (χ0) is 14.1. The van der Waals surface area contributed by atoms with Crippen molar-refractivity contribution in [3.05, 3.63) is 0 Å². The Labute approximate surface area is 119 Å². The van der Waals surface area contributed by atoms with Gasteiger partial charge < -0.3 is 10.2 Å². The molecule has 1 N–H and O–H groups in total. The van der Waals surface area contributed by atoms with Crippen LogP contribution in [0.3, 0.4) is 0 Å². The van der Waals surface area contributed by atoms with Crippen molar-refractivity contribution < 1.29 is 0 Å². The van der Waals surface area contributed by atoms with E-state index in [1.807, 2.05) is 13.8 Å². The second-order valence-electron chi connectivity index (χ2n) is 6.57. The molecule has 0 aromatic rings. The van der Waals surface area contributed by atoms with Gasteiger partial charge in [0.2, 0.25) is 0 Å². The Kier molecular flexibility index (Phi) is 7.41. The summed E-state index contributed by atoms with van der Waals surface area (Å²) in [6.45, 7) is 12.3. The van der Waals surface area contributed by atoms with Gasteiger partial charge in [-0.3, -0.25) is 0 Å². The molecule has 3 nitrogen and oxygen atoms in total. The summed E-state index contributed by atoms with van der Waals surface area (Å²) in [7, 11) is 0. The van der Waals surface area contributed by atoms with Crippen LogP contribution in [0.25, 0.3) is 0 Å². The van der Waals surface area contributed by atoms with Crippen molar-refractivity contribution in [2.24, 2.45) is 11.3 Å². The fourth-order valence-electron chi connectivity index (χ4n) is 2.83. The topological polar surface area (TPSA) is 39.1 Å². The van der Waals surface area contributed by atoms with E-state index in [4.69, 9.17) is 5.26 Å². The van der Waals surface area contributed by atoms with E-state index in [1.165, 1.54) is 51.9 Å². The lowest BCUT2D eigenvalue weighted by Gasteiger charge is -2.33. The van der Waals surface area contributed by atoms with Gasteiger partial charge in [0.05, 0.1) is 11.5 Å². The van der Waals surface area contributed by atoms with Gasteiger partial charge in [-0.2, -0.15) is 5.26 Å². The zero-order valence-electron chi connectivity index (χ0n) is 13.0. The van der Waals surface area contributed by atoms with Crippen molar-refractivity contribution in [2.45, 2.75) is 52.9 Å². The first kappa shape index (κ1) is 16.5. The third kappa shape index (κ3) is 6.94. The van der Waals surface area contributed by atoms with Gasteiger partial charge in [0.25, 0.3) is 0 Å². The lowest BCUT2D eigenvalue weighted by molar-refractivity contribution is 0.168. The molecule has 19 heavy (non-hydrogen) atoms. The second kappa shape index (κ2) is 8.55. The van der Waals surface area contributed by atoms with Crippen LogP contribution in [0.5, 0.6) is 0 Å². The summed E-state index contributed by atoms with van der Waals surface area (Å²) < 4.78 is 0. The number of nitrogens with zero attached hydrogens (tertiary/aromatic N) is 2. The molecule has 1 unspecified atom stereocenters. The lowest BCUT2D eigenvalue weighted by atomic mass is 9.89. The molecule has 0 saturated carbocycles. The van der Waals surface area contributed by atoms with Crippen LogP contribution in [-0.4, -0.2) is 37.6 Å². The number of nitriles is 1. The smallest absolute Gasteiger partial charge is 0.0683 e. The summed E-state index contributed by atoms with van der Waals surface area (Å²) >= 11 is 0. The first-order valence-electron chi connectivity index (χ1n) is 7.91. The Hall–Kier alpha value is -0.590. The second-order valence-corrected chi connectivity index (χ2v) is 6.57. The Morgan fingerprint density at radius 1 is 1.37 bits per heavy atom. The van der Waals surface area contributed by atoms with Crippen LogP contribution in [0.2, 0.25) is 0 Å². The van der Waals surface area contributed by atoms with E-state index < -0.39 is 0 Å². The number of nitrogens with one attached hydrogen (secondary N) is 1. The van der Waals surface area contributed by atoms with Crippen LogP contribution in [0, 0.1) is 22.7 Å². The molecular weight excluding hydrogens is 234 g/mol. The standard InChI is InChI=1S/C16H31N3/c1-4-18-12-15-8-7-11-19(13-15)10-6-5-9-16(2,3)14-17/h15,18H,4-13H2,1-3H3. The van der Waals surface area contributed by atoms with Crippen molar-refractivity contribution in [1.29, 1.82) is 5.26 Å². The molecule has 1 atom stereocenters. The van der Waals surface area contributed by atoms with Gasteiger partial charge in [-0.1, -0.05) is 13.3 Å². The zero-order valence-corrected chi connectivity index (χ0v) is 13.0. The highest BCUT2D eigenvalue weighted by Crippen LogP contribution is 2.22. The number of hydrogen-bond acceptors (Lipinski definition) is 3. The fourth-order valence-corrected chi connectivity index (χ4v) is 2.83. The Bertz CT molecular complexity index is 280. The van der Waals surface area contributed by atoms with Gasteiger partial charge in [0.1, 0.15) is 0 Å². The summed E-state index contributed by atoms with van der Waals surface area (Å²) in [5.74, 6) is 0.837. The van der Waals surface area contributed by atoms with E-state index in [0.29, 0.717) is 0 Å². The minimum absolute atomic E-state index is 0.143. The van der Waals surface area contributed by atoms with Crippen molar-refractivity contribution in [2.75, 3.05) is 32.7 Å². The highest BCUT2D eigenvalue weighted by molar-refractivity contribution is 4.91. The molecule has 0 radical (unpaired) electrons. The van der Waals surface area contributed by atoms with E-state index in [1.54, 1.807) is 0 Å². The maximum absolute atomic E-state index is 8.99.